The molecule has 1 aliphatic heterocycles. The third kappa shape index (κ3) is 2.82. The molecule has 0 aromatic heterocycles. The predicted octanol–water partition coefficient (Wildman–Crippen LogP) is 2.23. The Bertz CT molecular complexity index is 425. The fourth-order valence-electron chi connectivity index (χ4n) is 2.38. The quantitative estimate of drug-likeness (QED) is 0.892. The summed E-state index contributed by atoms with van der Waals surface area (Å²) in [5, 5.41) is 0. The first-order chi connectivity index (χ1) is 8.60. The minimum absolute atomic E-state index is 0.256. The van der Waals surface area contributed by atoms with Crippen LogP contribution >= 0.6 is 0 Å². The lowest BCUT2D eigenvalue weighted by Gasteiger charge is -2.32. The highest BCUT2D eigenvalue weighted by atomic mass is 16.6. The molecule has 0 saturated carbocycles. The Kier molecular flexibility index (Phi) is 3.87. The van der Waals surface area contributed by atoms with Crippen molar-refractivity contribution in [2.24, 2.45) is 11.7 Å². The zero-order valence-corrected chi connectivity index (χ0v) is 11.0. The summed E-state index contributed by atoms with van der Waals surface area (Å²) >= 11 is 0. The Labute approximate surface area is 108 Å². The molecule has 0 spiro atoms. The van der Waals surface area contributed by atoms with E-state index in [4.69, 9.17) is 10.5 Å². The number of anilines is 1. The lowest BCUT2D eigenvalue weighted by molar-refractivity contribution is 0.113. The molecular weight excluding hydrogens is 228 g/mol. The van der Waals surface area contributed by atoms with E-state index in [1.807, 2.05) is 26.0 Å². The number of amides is 1. The van der Waals surface area contributed by atoms with Crippen LogP contribution in [0, 0.1) is 19.8 Å². The standard InChI is InChI=1S/C14H20N2O2/c1-10-5-11(2)7-13(6-10)16-8-12(3-4-15)9-18-14(16)17/h5-7,12H,3-4,8-9,15H2,1-2H3. The first-order valence-electron chi connectivity index (χ1n) is 6.33. The fraction of sp³-hybridized carbons (Fsp3) is 0.500. The Morgan fingerprint density at radius 1 is 1.33 bits per heavy atom. The SMILES string of the molecule is Cc1cc(C)cc(N2CC(CCN)COC2=O)c1. The summed E-state index contributed by atoms with van der Waals surface area (Å²) in [6.07, 6.45) is 0.627. The van der Waals surface area contributed by atoms with Crippen molar-refractivity contribution >= 4 is 11.8 Å². The summed E-state index contributed by atoms with van der Waals surface area (Å²) in [7, 11) is 0. The van der Waals surface area contributed by atoms with E-state index in [9.17, 15) is 4.79 Å². The lowest BCUT2D eigenvalue weighted by Crippen LogP contribution is -2.43. The number of cyclic esters (lactones) is 1. The van der Waals surface area contributed by atoms with Crippen LogP contribution in [-0.2, 0) is 4.74 Å². The normalized spacial score (nSPS) is 19.8. The maximum atomic E-state index is 11.8. The highest BCUT2D eigenvalue weighted by molar-refractivity contribution is 5.88. The minimum Gasteiger partial charge on any atom is -0.449 e. The maximum Gasteiger partial charge on any atom is 0.414 e. The number of nitrogens with two attached hydrogens (primary N) is 1. The lowest BCUT2D eigenvalue weighted by atomic mass is 10.0. The average molecular weight is 248 g/mol. The van der Waals surface area contributed by atoms with Crippen LogP contribution in [0.4, 0.5) is 10.5 Å². The summed E-state index contributed by atoms with van der Waals surface area (Å²) in [5.74, 6) is 0.327. The van der Waals surface area contributed by atoms with Crippen molar-refractivity contribution in [2.45, 2.75) is 20.3 Å². The van der Waals surface area contributed by atoms with Gasteiger partial charge < -0.3 is 10.5 Å². The van der Waals surface area contributed by atoms with Gasteiger partial charge in [0.2, 0.25) is 0 Å². The molecule has 1 heterocycles. The van der Waals surface area contributed by atoms with Gasteiger partial charge in [0.1, 0.15) is 0 Å². The van der Waals surface area contributed by atoms with Gasteiger partial charge in [0.25, 0.3) is 0 Å². The third-order valence-corrected chi connectivity index (χ3v) is 3.20. The molecule has 1 unspecified atom stereocenters. The summed E-state index contributed by atoms with van der Waals surface area (Å²) in [5.41, 5.74) is 8.79. The van der Waals surface area contributed by atoms with Crippen LogP contribution in [-0.4, -0.2) is 25.8 Å². The second-order valence-corrected chi connectivity index (χ2v) is 4.98. The van der Waals surface area contributed by atoms with Crippen molar-refractivity contribution in [3.05, 3.63) is 29.3 Å². The van der Waals surface area contributed by atoms with Gasteiger partial charge >= 0.3 is 6.09 Å². The van der Waals surface area contributed by atoms with Crippen LogP contribution in [0.15, 0.2) is 18.2 Å². The molecule has 1 aromatic carbocycles. The van der Waals surface area contributed by atoms with E-state index in [0.717, 1.165) is 23.2 Å². The monoisotopic (exact) mass is 248 g/mol. The van der Waals surface area contributed by atoms with Crippen molar-refractivity contribution in [1.82, 2.24) is 0 Å². The Hall–Kier alpha value is -1.55. The number of hydrogen-bond donors (Lipinski definition) is 1. The molecule has 1 fully saturated rings. The van der Waals surface area contributed by atoms with Gasteiger partial charge in [-0.2, -0.15) is 0 Å². The maximum absolute atomic E-state index is 11.8. The molecule has 1 amide bonds. The Morgan fingerprint density at radius 2 is 2.00 bits per heavy atom. The van der Waals surface area contributed by atoms with Gasteiger partial charge in [-0.1, -0.05) is 6.07 Å². The first kappa shape index (κ1) is 12.9. The molecule has 2 N–H and O–H groups in total. The summed E-state index contributed by atoms with van der Waals surface area (Å²) in [6.45, 7) is 5.87. The van der Waals surface area contributed by atoms with Gasteiger partial charge in [-0.25, -0.2) is 4.79 Å². The van der Waals surface area contributed by atoms with Gasteiger partial charge in [-0.15, -0.1) is 0 Å². The molecule has 0 bridgehead atoms. The zero-order valence-electron chi connectivity index (χ0n) is 11.0. The number of ether oxygens (including phenoxy) is 1. The second-order valence-electron chi connectivity index (χ2n) is 4.98. The van der Waals surface area contributed by atoms with Gasteiger partial charge in [0.15, 0.2) is 0 Å². The smallest absolute Gasteiger partial charge is 0.414 e. The van der Waals surface area contributed by atoms with E-state index in [0.29, 0.717) is 25.6 Å². The van der Waals surface area contributed by atoms with Gasteiger partial charge in [0, 0.05) is 18.2 Å². The molecule has 98 valence electrons. The number of aryl methyl sites for hydroxylation is 2. The third-order valence-electron chi connectivity index (χ3n) is 3.20. The largest absolute Gasteiger partial charge is 0.449 e. The van der Waals surface area contributed by atoms with Crippen LogP contribution in [0.25, 0.3) is 0 Å². The molecular formula is C14H20N2O2. The molecule has 1 saturated heterocycles. The highest BCUT2D eigenvalue weighted by Gasteiger charge is 2.27. The average Bonchev–Trinajstić information content (AvgIpc) is 2.30. The van der Waals surface area contributed by atoms with Crippen LogP contribution < -0.4 is 10.6 Å². The Morgan fingerprint density at radius 3 is 2.61 bits per heavy atom. The van der Waals surface area contributed by atoms with Gasteiger partial charge in [-0.3, -0.25) is 4.90 Å². The minimum atomic E-state index is -0.256. The first-order valence-corrected chi connectivity index (χ1v) is 6.33. The van der Waals surface area contributed by atoms with Crippen molar-refractivity contribution in [2.75, 3.05) is 24.6 Å². The van der Waals surface area contributed by atoms with Crippen molar-refractivity contribution < 1.29 is 9.53 Å². The molecule has 4 nitrogen and oxygen atoms in total. The second kappa shape index (κ2) is 5.40. The molecule has 4 heteroatoms. The molecule has 2 rings (SSSR count). The zero-order chi connectivity index (χ0) is 13.1. The van der Waals surface area contributed by atoms with E-state index >= 15 is 0 Å². The summed E-state index contributed by atoms with van der Waals surface area (Å²) in [6, 6.07) is 6.12. The topological polar surface area (TPSA) is 55.6 Å². The van der Waals surface area contributed by atoms with Crippen molar-refractivity contribution in [3.63, 3.8) is 0 Å². The highest BCUT2D eigenvalue weighted by Crippen LogP contribution is 2.24. The Balaban J connectivity index is 2.21. The van der Waals surface area contributed by atoms with Crippen molar-refractivity contribution in [3.8, 4) is 0 Å². The molecule has 18 heavy (non-hydrogen) atoms. The van der Waals surface area contributed by atoms with Crippen LogP contribution in [0.5, 0.6) is 0 Å². The molecule has 1 aromatic rings. The van der Waals surface area contributed by atoms with E-state index in [-0.39, 0.29) is 6.09 Å². The molecule has 0 aliphatic carbocycles. The van der Waals surface area contributed by atoms with E-state index < -0.39 is 0 Å². The van der Waals surface area contributed by atoms with Crippen molar-refractivity contribution in [1.29, 1.82) is 0 Å². The van der Waals surface area contributed by atoms with Gasteiger partial charge in [0.05, 0.1) is 6.61 Å². The van der Waals surface area contributed by atoms with E-state index in [1.165, 1.54) is 0 Å². The van der Waals surface area contributed by atoms with Gasteiger partial charge in [-0.05, 0) is 50.1 Å². The predicted molar refractivity (Wildman–Crippen MR) is 71.8 cm³/mol. The summed E-state index contributed by atoms with van der Waals surface area (Å²) in [4.78, 5) is 13.6. The molecule has 1 atom stereocenters. The van der Waals surface area contributed by atoms with E-state index in [2.05, 4.69) is 6.07 Å². The fourth-order valence-corrected chi connectivity index (χ4v) is 2.38. The number of rotatable bonds is 3. The van der Waals surface area contributed by atoms with E-state index in [1.54, 1.807) is 4.90 Å². The van der Waals surface area contributed by atoms with Crippen LogP contribution in [0.1, 0.15) is 17.5 Å². The molecule has 1 aliphatic rings. The number of nitrogens with zero attached hydrogens (tertiary/aromatic N) is 1. The number of benzene rings is 1. The summed E-state index contributed by atoms with van der Waals surface area (Å²) < 4.78 is 5.22. The number of carbonyl (C=O) groups excluding carboxylic acids is 1. The number of hydrogen-bond acceptors (Lipinski definition) is 3. The van der Waals surface area contributed by atoms with Crippen LogP contribution in [0.3, 0.4) is 0 Å². The van der Waals surface area contributed by atoms with Crippen LogP contribution in [0.2, 0.25) is 0 Å². The number of carbonyl (C=O) groups is 1. The molecule has 0 radical (unpaired) electrons.